The number of rotatable bonds is 1. The molecule has 0 aromatic heterocycles. The molecular formula is C31H29BrSiZr. The summed E-state index contributed by atoms with van der Waals surface area (Å²) in [6.07, 6.45) is 0. The van der Waals surface area contributed by atoms with Crippen LogP contribution in [0, 0.1) is 27.7 Å². The van der Waals surface area contributed by atoms with Gasteiger partial charge in [0.2, 0.25) is 0 Å². The molecule has 5 aromatic carbocycles. The van der Waals surface area contributed by atoms with Crippen LogP contribution in [0.3, 0.4) is 0 Å². The first-order valence-electron chi connectivity index (χ1n) is 10.8. The molecule has 0 saturated heterocycles. The third kappa shape index (κ3) is 10.5. The molecule has 3 heteroatoms. The van der Waals surface area contributed by atoms with Crippen LogP contribution >= 0.6 is 15.9 Å². The van der Waals surface area contributed by atoms with Gasteiger partial charge in [0.15, 0.2) is 0 Å². The minimum absolute atomic E-state index is 0. The van der Waals surface area contributed by atoms with E-state index >= 15 is 0 Å². The van der Waals surface area contributed by atoms with E-state index in [1.807, 2.05) is 72.8 Å². The zero-order valence-corrected chi connectivity index (χ0v) is 25.0. The third-order valence-corrected chi connectivity index (χ3v) is 5.94. The number of hydrogen-bond acceptors (Lipinski definition) is 0. The van der Waals surface area contributed by atoms with Crippen molar-refractivity contribution in [3.63, 3.8) is 0 Å². The fraction of sp³-hybridized carbons (Fsp3) is 0.0968. The van der Waals surface area contributed by atoms with E-state index in [0.29, 0.717) is 0 Å². The molecule has 0 heterocycles. The Bertz CT molecular complexity index is 1200. The second-order valence-corrected chi connectivity index (χ2v) is 8.70. The Balaban J connectivity index is 0.000000233. The SMILES string of the molecule is Cc1cc2c(Br)cccc2[cH-]1.Cc1cccc([C-]=[Si])c1C.[CH2-]c1ccccc1.[Zr+4].c1cc[cH-]c1. The van der Waals surface area contributed by atoms with Crippen LogP contribution in [0.4, 0.5) is 0 Å². The molecule has 5 aromatic rings. The van der Waals surface area contributed by atoms with E-state index in [9.17, 15) is 0 Å². The average Bonchev–Trinajstić information content (AvgIpc) is 3.51. The van der Waals surface area contributed by atoms with Gasteiger partial charge < -0.3 is 0 Å². The van der Waals surface area contributed by atoms with Crippen LogP contribution in [0.2, 0.25) is 0 Å². The molecule has 168 valence electrons. The topological polar surface area (TPSA) is 0 Å². The maximum atomic E-state index is 3.72. The van der Waals surface area contributed by atoms with Crippen LogP contribution in [0.1, 0.15) is 27.8 Å². The zero-order valence-electron chi connectivity index (χ0n) is 20.0. The summed E-state index contributed by atoms with van der Waals surface area (Å²) < 4.78 is 1.18. The zero-order chi connectivity index (χ0) is 24.1. The Morgan fingerprint density at radius 3 is 1.94 bits per heavy atom. The molecule has 0 nitrogen and oxygen atoms in total. The average molecular weight is 601 g/mol. The number of halogens is 1. The molecule has 0 aliphatic heterocycles. The van der Waals surface area contributed by atoms with Gasteiger partial charge in [-0.1, -0.05) is 64.8 Å². The maximum absolute atomic E-state index is 3.72. The predicted molar refractivity (Wildman–Crippen MR) is 151 cm³/mol. The summed E-state index contributed by atoms with van der Waals surface area (Å²) in [6, 6.07) is 36.7. The van der Waals surface area contributed by atoms with Gasteiger partial charge in [-0.05, 0) is 4.47 Å². The van der Waals surface area contributed by atoms with Crippen LogP contribution in [0.15, 0.2) is 114 Å². The van der Waals surface area contributed by atoms with Gasteiger partial charge in [0.05, 0.1) is 0 Å². The summed E-state index contributed by atoms with van der Waals surface area (Å²) in [5.41, 5.74) is 9.07. The van der Waals surface area contributed by atoms with E-state index in [0.717, 1.165) is 11.1 Å². The fourth-order valence-corrected chi connectivity index (χ4v) is 3.80. The van der Waals surface area contributed by atoms with Crippen molar-refractivity contribution in [3.05, 3.63) is 148 Å². The summed E-state index contributed by atoms with van der Waals surface area (Å²) >= 11 is 3.51. The van der Waals surface area contributed by atoms with Gasteiger partial charge >= 0.3 is 26.2 Å². The summed E-state index contributed by atoms with van der Waals surface area (Å²) in [4.78, 5) is 0. The predicted octanol–water partition coefficient (Wildman–Crippen LogP) is 8.40. The van der Waals surface area contributed by atoms with Crippen molar-refractivity contribution in [2.24, 2.45) is 0 Å². The first kappa shape index (κ1) is 30.0. The van der Waals surface area contributed by atoms with Gasteiger partial charge in [-0.3, -0.25) is 0 Å². The summed E-state index contributed by atoms with van der Waals surface area (Å²) in [7, 11) is 3.24. The molecule has 0 saturated carbocycles. The van der Waals surface area contributed by atoms with Crippen molar-refractivity contribution in [3.8, 4) is 0 Å². The van der Waals surface area contributed by atoms with E-state index in [-0.39, 0.29) is 26.2 Å². The van der Waals surface area contributed by atoms with E-state index < -0.39 is 0 Å². The molecule has 0 bridgehead atoms. The smallest absolute Gasteiger partial charge is 0.214 e. The minimum Gasteiger partial charge on any atom is -0.214 e. The molecule has 0 N–H and O–H groups in total. The summed E-state index contributed by atoms with van der Waals surface area (Å²) in [5.74, 6) is 0. The van der Waals surface area contributed by atoms with Gasteiger partial charge in [-0.25, -0.2) is 12.1 Å². The Hall–Kier alpha value is -2.06. The normalized spacial score (nSPS) is 9.18. The third-order valence-electron chi connectivity index (χ3n) is 4.98. The van der Waals surface area contributed by atoms with E-state index in [2.05, 4.69) is 95.5 Å². The molecule has 34 heavy (non-hydrogen) atoms. The molecule has 0 aliphatic rings. The molecule has 0 fully saturated rings. The molecule has 0 spiro atoms. The largest absolute Gasteiger partial charge is 4.00 e. The maximum Gasteiger partial charge on any atom is 4.00 e. The number of benzene rings is 3. The molecule has 0 atom stereocenters. The Kier molecular flexibility index (Phi) is 14.6. The van der Waals surface area contributed by atoms with Crippen LogP contribution in [0.5, 0.6) is 0 Å². The Labute approximate surface area is 236 Å². The van der Waals surface area contributed by atoms with Crippen molar-refractivity contribution in [2.45, 2.75) is 20.8 Å². The van der Waals surface area contributed by atoms with Crippen LogP contribution < -0.4 is 0 Å². The van der Waals surface area contributed by atoms with Gasteiger partial charge in [0.1, 0.15) is 0 Å². The molecule has 0 unspecified atom stereocenters. The van der Waals surface area contributed by atoms with Crippen molar-refractivity contribution >= 4 is 42.2 Å². The van der Waals surface area contributed by atoms with Gasteiger partial charge in [-0.2, -0.15) is 66.2 Å². The summed E-state index contributed by atoms with van der Waals surface area (Å²) in [6.45, 7) is 10.0. The van der Waals surface area contributed by atoms with Gasteiger partial charge in [-0.15, -0.1) is 63.9 Å². The molecule has 0 aliphatic carbocycles. The second kappa shape index (κ2) is 16.5. The number of fused-ring (bicyclic) bond motifs is 1. The van der Waals surface area contributed by atoms with Gasteiger partial charge in [0.25, 0.3) is 0 Å². The van der Waals surface area contributed by atoms with Crippen LogP contribution in [-0.4, -0.2) is 15.5 Å². The van der Waals surface area contributed by atoms with E-state index in [1.54, 1.807) is 0 Å². The van der Waals surface area contributed by atoms with Crippen LogP contribution in [0.25, 0.3) is 10.8 Å². The fourth-order valence-electron chi connectivity index (χ4n) is 3.03. The van der Waals surface area contributed by atoms with Crippen molar-refractivity contribution in [1.29, 1.82) is 0 Å². The van der Waals surface area contributed by atoms with E-state index in [4.69, 9.17) is 0 Å². The summed E-state index contributed by atoms with van der Waals surface area (Å²) in [5, 5.41) is 2.63. The quantitative estimate of drug-likeness (QED) is 0.134. The minimum atomic E-state index is 0. The van der Waals surface area contributed by atoms with Crippen molar-refractivity contribution in [2.75, 3.05) is 0 Å². The molecule has 2 radical (unpaired) electrons. The first-order chi connectivity index (χ1) is 15.9. The Morgan fingerprint density at radius 1 is 0.824 bits per heavy atom. The second-order valence-electron chi connectivity index (χ2n) is 7.60. The van der Waals surface area contributed by atoms with E-state index in [1.165, 1.54) is 31.9 Å². The first-order valence-corrected chi connectivity index (χ1v) is 12.1. The van der Waals surface area contributed by atoms with Crippen molar-refractivity contribution in [1.82, 2.24) is 0 Å². The number of aryl methyl sites for hydroxylation is 2. The van der Waals surface area contributed by atoms with Gasteiger partial charge in [0, 0.05) is 0 Å². The standard InChI is InChI=1S/C10H8Br.C9H9Si.C7H7.C5H5.Zr/c1-7-5-8-3-2-4-10(11)9(8)6-7;1-7-4-3-5-9(6-10)8(7)2;1-7-5-3-2-4-6-7;1-2-4-5-3-1;/h2-6H,1H3;3-5H,1-2H3;2-6H,1H2;1-5H;/q4*-1;+4. The number of hydrogen-bond donors (Lipinski definition) is 0. The van der Waals surface area contributed by atoms with Crippen LogP contribution in [-0.2, 0) is 26.2 Å². The monoisotopic (exact) mass is 598 g/mol. The molecule has 0 amide bonds. The molecule has 5 rings (SSSR count). The Morgan fingerprint density at radius 2 is 1.47 bits per heavy atom. The van der Waals surface area contributed by atoms with Crippen molar-refractivity contribution < 1.29 is 26.2 Å². The molecular weight excluding hydrogens is 572 g/mol.